The first kappa shape index (κ1) is 12.6. The average Bonchev–Trinajstić information content (AvgIpc) is 2.34. The van der Waals surface area contributed by atoms with Crippen LogP contribution < -0.4 is 10.1 Å². The highest BCUT2D eigenvalue weighted by atomic mass is 16.5. The van der Waals surface area contributed by atoms with Crippen molar-refractivity contribution >= 4 is 0 Å². The molecule has 0 fully saturated rings. The number of benzene rings is 1. The molecule has 0 heterocycles. The Balaban J connectivity index is 2.57. The van der Waals surface area contributed by atoms with E-state index >= 15 is 0 Å². The lowest BCUT2D eigenvalue weighted by molar-refractivity contribution is 0.402. The summed E-state index contributed by atoms with van der Waals surface area (Å²) in [5.41, 5.74) is 1.19. The van der Waals surface area contributed by atoms with E-state index in [0.29, 0.717) is 0 Å². The molecule has 0 amide bonds. The van der Waals surface area contributed by atoms with Crippen molar-refractivity contribution in [2.75, 3.05) is 13.7 Å². The smallest absolute Gasteiger partial charge is 0.123 e. The van der Waals surface area contributed by atoms with Crippen molar-refractivity contribution in [2.45, 2.75) is 26.3 Å². The van der Waals surface area contributed by atoms with Crippen LogP contribution in [0, 0.1) is 11.8 Å². The van der Waals surface area contributed by atoms with E-state index in [1.807, 2.05) is 25.1 Å². The molecule has 0 saturated heterocycles. The van der Waals surface area contributed by atoms with Crippen molar-refractivity contribution < 1.29 is 4.74 Å². The minimum atomic E-state index is 0.287. The molecule has 0 radical (unpaired) electrons. The largest absolute Gasteiger partial charge is 0.496 e. The first-order valence-corrected chi connectivity index (χ1v) is 5.55. The lowest BCUT2D eigenvalue weighted by Gasteiger charge is -2.16. The maximum atomic E-state index is 5.33. The van der Waals surface area contributed by atoms with Crippen LogP contribution in [0.1, 0.15) is 31.9 Å². The fraction of sp³-hybridized carbons (Fsp3) is 0.429. The Bertz CT molecular complexity index is 376. The fourth-order valence-electron chi connectivity index (χ4n) is 1.61. The van der Waals surface area contributed by atoms with E-state index in [1.54, 1.807) is 7.11 Å². The molecule has 1 aromatic carbocycles. The van der Waals surface area contributed by atoms with Gasteiger partial charge < -0.3 is 10.1 Å². The van der Waals surface area contributed by atoms with Crippen molar-refractivity contribution in [1.29, 1.82) is 0 Å². The summed E-state index contributed by atoms with van der Waals surface area (Å²) in [6, 6.07) is 8.37. The summed E-state index contributed by atoms with van der Waals surface area (Å²) in [5.74, 6) is 6.86. The zero-order chi connectivity index (χ0) is 11.8. The van der Waals surface area contributed by atoms with Gasteiger partial charge in [-0.2, -0.15) is 0 Å². The van der Waals surface area contributed by atoms with E-state index in [0.717, 1.165) is 18.7 Å². The van der Waals surface area contributed by atoms with Crippen LogP contribution in [0.25, 0.3) is 0 Å². The highest BCUT2D eigenvalue weighted by molar-refractivity contribution is 5.35. The molecule has 0 aliphatic rings. The molecule has 2 nitrogen and oxygen atoms in total. The van der Waals surface area contributed by atoms with Crippen LogP contribution in [0.2, 0.25) is 0 Å². The lowest BCUT2D eigenvalue weighted by Crippen LogP contribution is -2.20. The van der Waals surface area contributed by atoms with E-state index < -0.39 is 0 Å². The van der Waals surface area contributed by atoms with Gasteiger partial charge in [0, 0.05) is 24.6 Å². The molecule has 0 aromatic heterocycles. The number of para-hydroxylation sites is 1. The lowest BCUT2D eigenvalue weighted by atomic mass is 10.1. The van der Waals surface area contributed by atoms with Gasteiger partial charge in [-0.25, -0.2) is 0 Å². The molecular formula is C14H19NO. The summed E-state index contributed by atoms with van der Waals surface area (Å²) in [4.78, 5) is 0. The second kappa shape index (κ2) is 6.92. The van der Waals surface area contributed by atoms with E-state index in [9.17, 15) is 0 Å². The molecule has 1 atom stereocenters. The molecule has 0 unspecified atom stereocenters. The van der Waals surface area contributed by atoms with E-state index in [-0.39, 0.29) is 6.04 Å². The van der Waals surface area contributed by atoms with Gasteiger partial charge in [0.25, 0.3) is 0 Å². The third kappa shape index (κ3) is 3.60. The highest BCUT2D eigenvalue weighted by Gasteiger charge is 2.08. The molecule has 1 aromatic rings. The molecule has 16 heavy (non-hydrogen) atoms. The quantitative estimate of drug-likeness (QED) is 0.605. The van der Waals surface area contributed by atoms with E-state index in [2.05, 4.69) is 30.1 Å². The van der Waals surface area contributed by atoms with Gasteiger partial charge in [0.2, 0.25) is 0 Å². The Labute approximate surface area is 98.0 Å². The Hall–Kier alpha value is -1.46. The normalized spacial score (nSPS) is 11.4. The maximum absolute atomic E-state index is 5.33. The number of hydrogen-bond acceptors (Lipinski definition) is 2. The zero-order valence-corrected chi connectivity index (χ0v) is 10.2. The summed E-state index contributed by atoms with van der Waals surface area (Å²) in [7, 11) is 1.70. The van der Waals surface area contributed by atoms with Crippen LogP contribution in [-0.4, -0.2) is 13.7 Å². The molecule has 2 heteroatoms. The molecule has 0 aliphatic carbocycles. The molecule has 86 valence electrons. The van der Waals surface area contributed by atoms with Crippen LogP contribution in [-0.2, 0) is 0 Å². The number of methoxy groups -OCH3 is 1. The van der Waals surface area contributed by atoms with Crippen molar-refractivity contribution in [3.05, 3.63) is 29.8 Å². The molecule has 0 aliphatic heterocycles. The molecule has 0 bridgehead atoms. The standard InChI is InChI=1S/C14H19NO/c1-4-5-8-11-15-12(2)13-9-6-7-10-14(13)16-3/h6-7,9-10,12,15H,8,11H2,1-3H3/t12-/m1/s1. The van der Waals surface area contributed by atoms with Gasteiger partial charge in [-0.15, -0.1) is 11.8 Å². The fourth-order valence-corrected chi connectivity index (χ4v) is 1.61. The summed E-state index contributed by atoms with van der Waals surface area (Å²) < 4.78 is 5.33. The van der Waals surface area contributed by atoms with Gasteiger partial charge in [0.15, 0.2) is 0 Å². The van der Waals surface area contributed by atoms with Crippen molar-refractivity contribution in [3.63, 3.8) is 0 Å². The number of rotatable bonds is 5. The summed E-state index contributed by atoms with van der Waals surface area (Å²) >= 11 is 0. The van der Waals surface area contributed by atoms with Crippen molar-refractivity contribution in [1.82, 2.24) is 5.32 Å². The first-order valence-electron chi connectivity index (χ1n) is 5.55. The van der Waals surface area contributed by atoms with Crippen LogP contribution in [0.15, 0.2) is 24.3 Å². The van der Waals surface area contributed by atoms with Gasteiger partial charge in [0.1, 0.15) is 5.75 Å². The van der Waals surface area contributed by atoms with Gasteiger partial charge in [-0.3, -0.25) is 0 Å². The predicted octanol–water partition coefficient (Wildman–Crippen LogP) is 2.76. The average molecular weight is 217 g/mol. The SMILES string of the molecule is CC#CCCN[C@H](C)c1ccccc1OC. The second-order valence-corrected chi connectivity index (χ2v) is 3.59. The summed E-state index contributed by atoms with van der Waals surface area (Å²) in [5, 5.41) is 3.43. The van der Waals surface area contributed by atoms with Crippen LogP contribution >= 0.6 is 0 Å². The summed E-state index contributed by atoms with van der Waals surface area (Å²) in [6.07, 6.45) is 0.885. The monoisotopic (exact) mass is 217 g/mol. The summed E-state index contributed by atoms with van der Waals surface area (Å²) in [6.45, 7) is 4.90. The minimum absolute atomic E-state index is 0.287. The Morgan fingerprint density at radius 3 is 2.81 bits per heavy atom. The van der Waals surface area contributed by atoms with Gasteiger partial charge in [0.05, 0.1) is 7.11 Å². The molecule has 0 saturated carbocycles. The van der Waals surface area contributed by atoms with Crippen molar-refractivity contribution in [2.24, 2.45) is 0 Å². The van der Waals surface area contributed by atoms with Crippen molar-refractivity contribution in [3.8, 4) is 17.6 Å². The third-order valence-corrected chi connectivity index (χ3v) is 2.48. The molecule has 1 rings (SSSR count). The van der Waals surface area contributed by atoms with Crippen LogP contribution in [0.5, 0.6) is 5.75 Å². The Morgan fingerprint density at radius 1 is 1.38 bits per heavy atom. The highest BCUT2D eigenvalue weighted by Crippen LogP contribution is 2.23. The molecule has 1 N–H and O–H groups in total. The van der Waals surface area contributed by atoms with Gasteiger partial charge >= 0.3 is 0 Å². The molecular weight excluding hydrogens is 198 g/mol. The minimum Gasteiger partial charge on any atom is -0.496 e. The third-order valence-electron chi connectivity index (χ3n) is 2.48. The van der Waals surface area contributed by atoms with E-state index in [1.165, 1.54) is 5.56 Å². The topological polar surface area (TPSA) is 21.3 Å². The zero-order valence-electron chi connectivity index (χ0n) is 10.2. The molecule has 0 spiro atoms. The van der Waals surface area contributed by atoms with Crippen LogP contribution in [0.4, 0.5) is 0 Å². The van der Waals surface area contributed by atoms with Crippen LogP contribution in [0.3, 0.4) is 0 Å². The predicted molar refractivity (Wildman–Crippen MR) is 67.5 cm³/mol. The number of ether oxygens (including phenoxy) is 1. The number of nitrogens with one attached hydrogen (secondary N) is 1. The van der Waals surface area contributed by atoms with Gasteiger partial charge in [-0.05, 0) is 19.9 Å². The van der Waals surface area contributed by atoms with Gasteiger partial charge in [-0.1, -0.05) is 18.2 Å². The number of hydrogen-bond donors (Lipinski definition) is 1. The van der Waals surface area contributed by atoms with E-state index in [4.69, 9.17) is 4.74 Å². The first-order chi connectivity index (χ1) is 7.79. The Morgan fingerprint density at radius 2 is 2.12 bits per heavy atom. The second-order valence-electron chi connectivity index (χ2n) is 3.59. The Kier molecular flexibility index (Phi) is 5.45. The maximum Gasteiger partial charge on any atom is 0.123 e.